The number of carbonyl (C=O) groups excluding carboxylic acids is 1. The second-order valence-corrected chi connectivity index (χ2v) is 5.57. The Labute approximate surface area is 129 Å². The Kier molecular flexibility index (Phi) is 3.95. The molecular formula is C12H14BrN5O3. The van der Waals surface area contributed by atoms with E-state index in [1.807, 2.05) is 0 Å². The molecule has 0 unspecified atom stereocenters. The Balaban J connectivity index is 2.43. The van der Waals surface area contributed by atoms with Gasteiger partial charge in [0.1, 0.15) is 4.47 Å². The monoisotopic (exact) mass is 355 g/mol. The van der Waals surface area contributed by atoms with Gasteiger partial charge in [-0.25, -0.2) is 4.68 Å². The van der Waals surface area contributed by atoms with Crippen LogP contribution in [0.15, 0.2) is 10.5 Å². The van der Waals surface area contributed by atoms with Gasteiger partial charge >= 0.3 is 5.82 Å². The van der Waals surface area contributed by atoms with Crippen LogP contribution in [0.5, 0.6) is 0 Å². The molecule has 0 saturated carbocycles. The first-order valence-electron chi connectivity index (χ1n) is 6.20. The van der Waals surface area contributed by atoms with Crippen molar-refractivity contribution in [1.29, 1.82) is 0 Å². The molecule has 9 heteroatoms. The molecule has 0 saturated heterocycles. The molecule has 1 atom stereocenters. The van der Waals surface area contributed by atoms with E-state index in [2.05, 4.69) is 26.1 Å². The van der Waals surface area contributed by atoms with Gasteiger partial charge < -0.3 is 10.1 Å². The van der Waals surface area contributed by atoms with Gasteiger partial charge in [0.05, 0.1) is 16.5 Å². The molecule has 0 amide bonds. The quantitative estimate of drug-likeness (QED) is 0.622. The molecule has 2 rings (SSSR count). The number of carbonyl (C=O) groups is 1. The fraction of sp³-hybridized carbons (Fsp3) is 0.417. The third-order valence-corrected chi connectivity index (χ3v) is 4.10. The molecule has 0 spiro atoms. The van der Waals surface area contributed by atoms with E-state index in [1.54, 1.807) is 33.8 Å². The summed E-state index contributed by atoms with van der Waals surface area (Å²) in [5.74, 6) is -0.603. The zero-order valence-corrected chi connectivity index (χ0v) is 13.6. The molecule has 2 aromatic heterocycles. The topological polar surface area (TPSA) is 95.8 Å². The lowest BCUT2D eigenvalue weighted by molar-refractivity contribution is -0.390. The van der Waals surface area contributed by atoms with Crippen LogP contribution in [0.4, 0.5) is 5.82 Å². The van der Waals surface area contributed by atoms with E-state index < -0.39 is 11.0 Å². The van der Waals surface area contributed by atoms with Gasteiger partial charge in [-0.15, -0.1) is 0 Å². The zero-order valence-electron chi connectivity index (χ0n) is 12.0. The molecule has 112 valence electrons. The molecule has 21 heavy (non-hydrogen) atoms. The molecule has 8 nitrogen and oxygen atoms in total. The third kappa shape index (κ3) is 2.60. The summed E-state index contributed by atoms with van der Waals surface area (Å²) in [6, 6.07) is 1.09. The number of halogens is 1. The smallest absolute Gasteiger partial charge is 0.358 e. The van der Waals surface area contributed by atoms with Gasteiger partial charge in [0.15, 0.2) is 6.04 Å². The van der Waals surface area contributed by atoms with E-state index in [0.29, 0.717) is 11.4 Å². The van der Waals surface area contributed by atoms with Crippen molar-refractivity contribution in [2.45, 2.75) is 33.7 Å². The Morgan fingerprint density at radius 2 is 2.00 bits per heavy atom. The standard InChI is InChI=1S/C12H14BrN5O3/c1-6-5-7(2)16(14-6)12(19)9(4)17-8(3)10(13)11(15-17)18(20)21/h5,9H,1-4H3/t9-/m1/s1. The van der Waals surface area contributed by atoms with Crippen molar-refractivity contribution in [1.82, 2.24) is 19.6 Å². The van der Waals surface area contributed by atoms with Gasteiger partial charge in [-0.3, -0.25) is 4.79 Å². The lowest BCUT2D eigenvalue weighted by Gasteiger charge is -2.10. The van der Waals surface area contributed by atoms with E-state index >= 15 is 0 Å². The van der Waals surface area contributed by atoms with E-state index in [1.165, 1.54) is 9.36 Å². The summed E-state index contributed by atoms with van der Waals surface area (Å²) < 4.78 is 2.91. The summed E-state index contributed by atoms with van der Waals surface area (Å²) in [4.78, 5) is 22.8. The summed E-state index contributed by atoms with van der Waals surface area (Å²) in [5.41, 5.74) is 1.96. The first-order chi connectivity index (χ1) is 9.73. The van der Waals surface area contributed by atoms with Crippen molar-refractivity contribution < 1.29 is 9.72 Å². The third-order valence-electron chi connectivity index (χ3n) is 3.18. The van der Waals surface area contributed by atoms with Crippen molar-refractivity contribution in [2.24, 2.45) is 0 Å². The SMILES string of the molecule is Cc1cc(C)n(C(=O)[C@@H](C)n2nc([N+](=O)[O-])c(Br)c2C)n1. The van der Waals surface area contributed by atoms with Crippen LogP contribution in [0, 0.1) is 30.9 Å². The van der Waals surface area contributed by atoms with Gasteiger partial charge in [0.2, 0.25) is 0 Å². The lowest BCUT2D eigenvalue weighted by atomic mass is 10.3. The molecule has 0 N–H and O–H groups in total. The van der Waals surface area contributed by atoms with Crippen LogP contribution in [0.3, 0.4) is 0 Å². The van der Waals surface area contributed by atoms with Crippen molar-refractivity contribution in [3.63, 3.8) is 0 Å². The Bertz CT molecular complexity index is 734. The molecule has 0 aliphatic heterocycles. The molecule has 0 fully saturated rings. The second-order valence-electron chi connectivity index (χ2n) is 4.78. The highest BCUT2D eigenvalue weighted by atomic mass is 79.9. The highest BCUT2D eigenvalue weighted by Gasteiger charge is 2.30. The summed E-state index contributed by atoms with van der Waals surface area (Å²) in [6.07, 6.45) is 0. The molecule has 0 aromatic carbocycles. The van der Waals surface area contributed by atoms with Crippen LogP contribution in [0.1, 0.15) is 34.8 Å². The summed E-state index contributed by atoms with van der Waals surface area (Å²) in [7, 11) is 0. The Morgan fingerprint density at radius 3 is 2.43 bits per heavy atom. The van der Waals surface area contributed by atoms with E-state index in [9.17, 15) is 14.9 Å². The highest BCUT2D eigenvalue weighted by molar-refractivity contribution is 9.10. The maximum atomic E-state index is 12.5. The first kappa shape index (κ1) is 15.4. The minimum absolute atomic E-state index is 0.278. The van der Waals surface area contributed by atoms with Crippen molar-refractivity contribution in [3.8, 4) is 0 Å². The first-order valence-corrected chi connectivity index (χ1v) is 6.99. The predicted molar refractivity (Wildman–Crippen MR) is 78.4 cm³/mol. The number of rotatable bonds is 3. The summed E-state index contributed by atoms with van der Waals surface area (Å²) in [6.45, 7) is 6.87. The maximum absolute atomic E-state index is 12.5. The lowest BCUT2D eigenvalue weighted by Crippen LogP contribution is -2.26. The van der Waals surface area contributed by atoms with Crippen LogP contribution >= 0.6 is 15.9 Å². The number of hydrogen-bond donors (Lipinski definition) is 0. The Morgan fingerprint density at radius 1 is 1.38 bits per heavy atom. The van der Waals surface area contributed by atoms with Crippen LogP contribution in [-0.2, 0) is 0 Å². The summed E-state index contributed by atoms with van der Waals surface area (Å²) in [5, 5.41) is 18.9. The molecule has 0 aliphatic carbocycles. The Hall–Kier alpha value is -2.03. The van der Waals surface area contributed by atoms with Gasteiger partial charge in [-0.1, -0.05) is 0 Å². The van der Waals surface area contributed by atoms with Crippen molar-refractivity contribution in [3.05, 3.63) is 37.7 Å². The molecule has 0 aliphatic rings. The van der Waals surface area contributed by atoms with Crippen LogP contribution in [0.25, 0.3) is 0 Å². The van der Waals surface area contributed by atoms with Crippen LogP contribution in [0.2, 0.25) is 0 Å². The number of hydrogen-bond acceptors (Lipinski definition) is 5. The second kappa shape index (κ2) is 5.40. The van der Waals surface area contributed by atoms with Gasteiger partial charge in [0.25, 0.3) is 5.91 Å². The van der Waals surface area contributed by atoms with Crippen LogP contribution in [-0.4, -0.2) is 30.4 Å². The van der Waals surface area contributed by atoms with Crippen molar-refractivity contribution >= 4 is 27.7 Å². The molecular weight excluding hydrogens is 342 g/mol. The molecule has 0 radical (unpaired) electrons. The normalized spacial score (nSPS) is 12.4. The minimum Gasteiger partial charge on any atom is -0.358 e. The average molecular weight is 356 g/mol. The fourth-order valence-corrected chi connectivity index (χ4v) is 2.52. The molecule has 0 bridgehead atoms. The van der Waals surface area contributed by atoms with Crippen LogP contribution < -0.4 is 0 Å². The highest BCUT2D eigenvalue weighted by Crippen LogP contribution is 2.29. The van der Waals surface area contributed by atoms with E-state index in [0.717, 1.165) is 5.69 Å². The van der Waals surface area contributed by atoms with Crippen molar-refractivity contribution in [2.75, 3.05) is 0 Å². The van der Waals surface area contributed by atoms with E-state index in [-0.39, 0.29) is 16.2 Å². The fourth-order valence-electron chi connectivity index (χ4n) is 2.11. The number of nitro groups is 1. The zero-order chi connectivity index (χ0) is 15.9. The van der Waals surface area contributed by atoms with Gasteiger partial charge in [-0.2, -0.15) is 9.78 Å². The number of aryl methyl sites for hydroxylation is 2. The average Bonchev–Trinajstić information content (AvgIpc) is 2.89. The summed E-state index contributed by atoms with van der Waals surface area (Å²) >= 11 is 3.14. The predicted octanol–water partition coefficient (Wildman–Crippen LogP) is 2.58. The van der Waals surface area contributed by atoms with Gasteiger partial charge in [0, 0.05) is 5.69 Å². The van der Waals surface area contributed by atoms with Gasteiger partial charge in [-0.05, 0) is 54.6 Å². The maximum Gasteiger partial charge on any atom is 0.404 e. The minimum atomic E-state index is -0.701. The number of nitrogens with zero attached hydrogens (tertiary/aromatic N) is 5. The van der Waals surface area contributed by atoms with E-state index in [4.69, 9.17) is 0 Å². The number of aromatic nitrogens is 4. The molecule has 2 heterocycles. The molecule has 2 aromatic rings. The largest absolute Gasteiger partial charge is 0.404 e.